The summed E-state index contributed by atoms with van der Waals surface area (Å²) in [7, 11) is 0. The molecule has 70 valence electrons. The van der Waals surface area contributed by atoms with Gasteiger partial charge in [-0.15, -0.1) is 0 Å². The molecule has 0 aliphatic heterocycles. The summed E-state index contributed by atoms with van der Waals surface area (Å²) in [6.45, 7) is 0. The van der Waals surface area contributed by atoms with Crippen molar-refractivity contribution in [2.75, 3.05) is 5.73 Å². The zero-order valence-corrected chi connectivity index (χ0v) is 7.42. The van der Waals surface area contributed by atoms with E-state index in [1.165, 1.54) is 6.33 Å². The highest BCUT2D eigenvalue weighted by atomic mass is 16.1. The molecule has 14 heavy (non-hydrogen) atoms. The van der Waals surface area contributed by atoms with Gasteiger partial charge in [-0.25, -0.2) is 0 Å². The third-order valence-electron chi connectivity index (χ3n) is 1.88. The Hall–Kier alpha value is -2.10. The van der Waals surface area contributed by atoms with E-state index >= 15 is 0 Å². The molecule has 4 nitrogen and oxygen atoms in total. The Balaban J connectivity index is 2.54. The molecular weight excluding hydrogens is 178 g/mol. The lowest BCUT2D eigenvalue weighted by atomic mass is 10.3. The Morgan fingerprint density at radius 3 is 2.57 bits per heavy atom. The number of nitrogens with two attached hydrogens (primary N) is 1. The average Bonchev–Trinajstić information content (AvgIpc) is 2.23. The summed E-state index contributed by atoms with van der Waals surface area (Å²) < 4.78 is 1.71. The predicted octanol–water partition coefficient (Wildman–Crippen LogP) is 0.815. The number of nitrogen functional groups attached to an aromatic ring is 1. The second-order valence-electron chi connectivity index (χ2n) is 2.88. The van der Waals surface area contributed by atoms with Crippen molar-refractivity contribution in [1.82, 2.24) is 9.55 Å². The summed E-state index contributed by atoms with van der Waals surface area (Å²) in [6.07, 6.45) is 3.01. The molecule has 1 aromatic carbocycles. The van der Waals surface area contributed by atoms with Crippen molar-refractivity contribution in [2.24, 2.45) is 0 Å². The Morgan fingerprint density at radius 2 is 1.93 bits per heavy atom. The third-order valence-corrected chi connectivity index (χ3v) is 1.88. The molecule has 2 aromatic rings. The Labute approximate surface area is 80.6 Å². The van der Waals surface area contributed by atoms with E-state index < -0.39 is 5.56 Å². The molecule has 0 amide bonds. The van der Waals surface area contributed by atoms with Gasteiger partial charge in [0, 0.05) is 11.9 Å². The van der Waals surface area contributed by atoms with E-state index in [2.05, 4.69) is 4.98 Å². The number of para-hydroxylation sites is 1. The number of benzene rings is 1. The van der Waals surface area contributed by atoms with E-state index in [0.717, 1.165) is 5.69 Å². The highest BCUT2D eigenvalue weighted by Gasteiger charge is 1.97. The number of rotatable bonds is 1. The average molecular weight is 187 g/mol. The van der Waals surface area contributed by atoms with Crippen LogP contribution in [-0.4, -0.2) is 9.55 Å². The molecule has 0 radical (unpaired) electrons. The molecule has 0 aliphatic rings. The topological polar surface area (TPSA) is 60.9 Å². The van der Waals surface area contributed by atoms with Crippen LogP contribution in [0.15, 0.2) is 47.7 Å². The molecule has 1 heterocycles. The third kappa shape index (κ3) is 1.50. The number of hydrogen-bond acceptors (Lipinski definition) is 3. The van der Waals surface area contributed by atoms with Crippen LogP contribution in [0.4, 0.5) is 5.69 Å². The van der Waals surface area contributed by atoms with E-state index in [1.807, 2.05) is 30.3 Å². The van der Waals surface area contributed by atoms with Crippen molar-refractivity contribution in [1.29, 1.82) is 0 Å². The van der Waals surface area contributed by atoms with Crippen molar-refractivity contribution < 1.29 is 0 Å². The van der Waals surface area contributed by atoms with Crippen molar-refractivity contribution in [3.05, 3.63) is 53.2 Å². The Kier molecular flexibility index (Phi) is 2.02. The highest BCUT2D eigenvalue weighted by molar-refractivity contribution is 5.37. The number of nitrogens with zero attached hydrogens (tertiary/aromatic N) is 2. The van der Waals surface area contributed by atoms with Crippen LogP contribution in [0.3, 0.4) is 0 Å². The fourth-order valence-corrected chi connectivity index (χ4v) is 1.17. The summed E-state index contributed by atoms with van der Waals surface area (Å²) in [5, 5.41) is 0. The molecule has 2 N–H and O–H groups in total. The number of hydrogen-bond donors (Lipinski definition) is 1. The summed E-state index contributed by atoms with van der Waals surface area (Å²) in [4.78, 5) is 14.6. The van der Waals surface area contributed by atoms with Crippen molar-refractivity contribution >= 4 is 5.69 Å². The first-order valence-electron chi connectivity index (χ1n) is 4.16. The van der Waals surface area contributed by atoms with Gasteiger partial charge in [0.2, 0.25) is 0 Å². The SMILES string of the molecule is Nc1cn(-c2ccccc2)cnc1=O. The van der Waals surface area contributed by atoms with Gasteiger partial charge in [0.05, 0.1) is 0 Å². The monoisotopic (exact) mass is 187 g/mol. The van der Waals surface area contributed by atoms with Crippen LogP contribution in [0.5, 0.6) is 0 Å². The highest BCUT2D eigenvalue weighted by Crippen LogP contribution is 2.05. The maximum absolute atomic E-state index is 11.0. The molecule has 0 atom stereocenters. The summed E-state index contributed by atoms with van der Waals surface area (Å²) in [6, 6.07) is 9.55. The fourth-order valence-electron chi connectivity index (χ4n) is 1.17. The van der Waals surface area contributed by atoms with Crippen LogP contribution < -0.4 is 11.3 Å². The van der Waals surface area contributed by atoms with Crippen LogP contribution >= 0.6 is 0 Å². The van der Waals surface area contributed by atoms with E-state index in [9.17, 15) is 4.79 Å². The van der Waals surface area contributed by atoms with Crippen molar-refractivity contribution in [2.45, 2.75) is 0 Å². The van der Waals surface area contributed by atoms with Gasteiger partial charge in [-0.1, -0.05) is 18.2 Å². The number of anilines is 1. The van der Waals surface area contributed by atoms with Crippen molar-refractivity contribution in [3.8, 4) is 5.69 Å². The lowest BCUT2D eigenvalue weighted by Crippen LogP contribution is -2.14. The second kappa shape index (κ2) is 3.33. The molecule has 1 aromatic heterocycles. The quantitative estimate of drug-likeness (QED) is 0.718. The van der Waals surface area contributed by atoms with Gasteiger partial charge in [0.25, 0.3) is 5.56 Å². The first-order chi connectivity index (χ1) is 6.77. The zero-order chi connectivity index (χ0) is 9.97. The first-order valence-corrected chi connectivity index (χ1v) is 4.16. The Morgan fingerprint density at radius 1 is 1.21 bits per heavy atom. The molecule has 4 heteroatoms. The smallest absolute Gasteiger partial charge is 0.295 e. The predicted molar refractivity (Wildman–Crippen MR) is 54.2 cm³/mol. The molecular formula is C10H9N3O. The standard InChI is InChI=1S/C10H9N3O/c11-9-6-13(7-12-10(9)14)8-4-2-1-3-5-8/h1-7H,11H2. The molecule has 0 aliphatic carbocycles. The molecule has 0 unspecified atom stereocenters. The summed E-state index contributed by atoms with van der Waals surface area (Å²) >= 11 is 0. The maximum atomic E-state index is 11.0. The minimum absolute atomic E-state index is 0.149. The fraction of sp³-hybridized carbons (Fsp3) is 0. The molecule has 0 fully saturated rings. The van der Waals surface area contributed by atoms with E-state index in [0.29, 0.717) is 0 Å². The molecule has 0 spiro atoms. The lowest BCUT2D eigenvalue weighted by Gasteiger charge is -2.04. The molecule has 0 saturated carbocycles. The van der Waals surface area contributed by atoms with Gasteiger partial charge in [0.15, 0.2) is 0 Å². The molecule has 2 rings (SSSR count). The van der Waals surface area contributed by atoms with Crippen LogP contribution in [0.2, 0.25) is 0 Å². The van der Waals surface area contributed by atoms with Gasteiger partial charge >= 0.3 is 0 Å². The van der Waals surface area contributed by atoms with Crippen molar-refractivity contribution in [3.63, 3.8) is 0 Å². The first kappa shape index (κ1) is 8.50. The minimum Gasteiger partial charge on any atom is -0.393 e. The lowest BCUT2D eigenvalue weighted by molar-refractivity contribution is 0.967. The maximum Gasteiger partial charge on any atom is 0.295 e. The summed E-state index contributed by atoms with van der Waals surface area (Å²) in [5.41, 5.74) is 6.14. The largest absolute Gasteiger partial charge is 0.393 e. The van der Waals surface area contributed by atoms with Crippen LogP contribution in [0.1, 0.15) is 0 Å². The second-order valence-corrected chi connectivity index (χ2v) is 2.88. The van der Waals surface area contributed by atoms with Gasteiger partial charge < -0.3 is 10.3 Å². The van der Waals surface area contributed by atoms with Gasteiger partial charge in [-0.2, -0.15) is 4.98 Å². The van der Waals surface area contributed by atoms with E-state index in [4.69, 9.17) is 5.73 Å². The summed E-state index contributed by atoms with van der Waals surface area (Å²) in [5.74, 6) is 0. The van der Waals surface area contributed by atoms with Crippen LogP contribution in [0, 0.1) is 0 Å². The normalized spacial score (nSPS) is 10.0. The van der Waals surface area contributed by atoms with Gasteiger partial charge in [0.1, 0.15) is 12.0 Å². The zero-order valence-electron chi connectivity index (χ0n) is 7.42. The van der Waals surface area contributed by atoms with Gasteiger partial charge in [-0.3, -0.25) is 4.79 Å². The van der Waals surface area contributed by atoms with Crippen LogP contribution in [0.25, 0.3) is 5.69 Å². The van der Waals surface area contributed by atoms with Gasteiger partial charge in [-0.05, 0) is 12.1 Å². The Bertz CT molecular complexity index is 490. The molecule has 0 saturated heterocycles. The minimum atomic E-state index is -0.391. The van der Waals surface area contributed by atoms with Crippen LogP contribution in [-0.2, 0) is 0 Å². The van der Waals surface area contributed by atoms with E-state index in [-0.39, 0.29) is 5.69 Å². The number of aromatic nitrogens is 2. The van der Waals surface area contributed by atoms with E-state index in [1.54, 1.807) is 10.8 Å². The molecule has 0 bridgehead atoms.